The quantitative estimate of drug-likeness (QED) is 0.846. The minimum Gasteiger partial charge on any atom is -0.343 e. The van der Waals surface area contributed by atoms with Gasteiger partial charge in [0.05, 0.1) is 10.7 Å². The van der Waals surface area contributed by atoms with Crippen molar-refractivity contribution in [2.24, 2.45) is 7.05 Å². The molecule has 100 valence electrons. The largest absolute Gasteiger partial charge is 0.343 e. The normalized spacial score (nSPS) is 10.6. The Kier molecular flexibility index (Phi) is 3.57. The Hall–Kier alpha value is -1.88. The summed E-state index contributed by atoms with van der Waals surface area (Å²) in [5, 5.41) is 4.95. The lowest BCUT2D eigenvalue weighted by molar-refractivity contribution is 0.0822. The Labute approximate surface area is 116 Å². The highest BCUT2D eigenvalue weighted by Gasteiger charge is 2.14. The summed E-state index contributed by atoms with van der Waals surface area (Å²) in [4.78, 5) is 17.4. The zero-order valence-electron chi connectivity index (χ0n) is 11.3. The van der Waals surface area contributed by atoms with Gasteiger partial charge in [-0.25, -0.2) is 0 Å². The monoisotopic (exact) mass is 278 g/mol. The van der Waals surface area contributed by atoms with Gasteiger partial charge >= 0.3 is 0 Å². The SMILES string of the molecule is Cc1c(Cl)c(-c2ccc(C(=O)N(C)C)nc2)nn1C. The van der Waals surface area contributed by atoms with Crippen LogP contribution in [0.25, 0.3) is 11.3 Å². The topological polar surface area (TPSA) is 51.0 Å². The molecule has 1 amide bonds. The molecular weight excluding hydrogens is 264 g/mol. The first-order chi connectivity index (χ1) is 8.91. The Morgan fingerprint density at radius 3 is 2.47 bits per heavy atom. The van der Waals surface area contributed by atoms with Gasteiger partial charge in [-0.3, -0.25) is 14.5 Å². The molecule has 2 rings (SSSR count). The van der Waals surface area contributed by atoms with Gasteiger partial charge in [0.1, 0.15) is 11.4 Å². The van der Waals surface area contributed by atoms with Gasteiger partial charge in [-0.2, -0.15) is 5.10 Å². The van der Waals surface area contributed by atoms with Gasteiger partial charge in [-0.05, 0) is 19.1 Å². The van der Waals surface area contributed by atoms with E-state index in [0.717, 1.165) is 11.3 Å². The van der Waals surface area contributed by atoms with Crippen LogP contribution in [0.1, 0.15) is 16.2 Å². The number of aryl methyl sites for hydroxylation is 1. The number of hydrogen-bond donors (Lipinski definition) is 0. The van der Waals surface area contributed by atoms with E-state index in [1.807, 2.05) is 14.0 Å². The number of halogens is 1. The molecule has 0 bridgehead atoms. The van der Waals surface area contributed by atoms with E-state index in [9.17, 15) is 4.79 Å². The predicted molar refractivity (Wildman–Crippen MR) is 74.2 cm³/mol. The van der Waals surface area contributed by atoms with Gasteiger partial charge in [-0.1, -0.05) is 11.6 Å². The van der Waals surface area contributed by atoms with E-state index in [2.05, 4.69) is 10.1 Å². The third-order valence-corrected chi connectivity index (χ3v) is 3.38. The summed E-state index contributed by atoms with van der Waals surface area (Å²) in [6, 6.07) is 3.48. The number of pyridine rings is 1. The third-order valence-electron chi connectivity index (χ3n) is 2.92. The molecule has 0 saturated heterocycles. The fourth-order valence-electron chi connectivity index (χ4n) is 1.66. The van der Waals surface area contributed by atoms with E-state index < -0.39 is 0 Å². The zero-order valence-corrected chi connectivity index (χ0v) is 12.1. The van der Waals surface area contributed by atoms with Crippen LogP contribution >= 0.6 is 11.6 Å². The smallest absolute Gasteiger partial charge is 0.271 e. The molecule has 6 heteroatoms. The molecule has 0 aliphatic rings. The number of aromatic nitrogens is 3. The second-order valence-electron chi connectivity index (χ2n) is 4.50. The lowest BCUT2D eigenvalue weighted by Gasteiger charge is -2.09. The summed E-state index contributed by atoms with van der Waals surface area (Å²) < 4.78 is 1.72. The zero-order chi connectivity index (χ0) is 14.2. The molecule has 0 N–H and O–H groups in total. The van der Waals surface area contributed by atoms with E-state index in [1.165, 1.54) is 4.90 Å². The van der Waals surface area contributed by atoms with Crippen molar-refractivity contribution in [3.63, 3.8) is 0 Å². The Morgan fingerprint density at radius 2 is 2.05 bits per heavy atom. The van der Waals surface area contributed by atoms with E-state index in [-0.39, 0.29) is 5.91 Å². The molecule has 0 aliphatic carbocycles. The highest BCUT2D eigenvalue weighted by atomic mass is 35.5. The highest BCUT2D eigenvalue weighted by molar-refractivity contribution is 6.33. The van der Waals surface area contributed by atoms with Crippen molar-refractivity contribution in [1.82, 2.24) is 19.7 Å². The summed E-state index contributed by atoms with van der Waals surface area (Å²) in [6.07, 6.45) is 1.62. The van der Waals surface area contributed by atoms with Crippen LogP contribution in [0.4, 0.5) is 0 Å². The molecule has 0 fully saturated rings. The number of hydrogen-bond acceptors (Lipinski definition) is 3. The standard InChI is InChI=1S/C13H15ClN4O/c1-8-11(14)12(16-18(8)4)9-5-6-10(15-7-9)13(19)17(2)3/h5-7H,1-4H3. The first-order valence-electron chi connectivity index (χ1n) is 5.79. The van der Waals surface area contributed by atoms with Crippen molar-refractivity contribution in [1.29, 1.82) is 0 Å². The molecule has 0 aromatic carbocycles. The molecule has 2 heterocycles. The fraction of sp³-hybridized carbons (Fsp3) is 0.308. The van der Waals surface area contributed by atoms with E-state index in [0.29, 0.717) is 16.4 Å². The fourth-order valence-corrected chi connectivity index (χ4v) is 1.93. The van der Waals surface area contributed by atoms with E-state index >= 15 is 0 Å². The van der Waals surface area contributed by atoms with Crippen LogP contribution in [0.5, 0.6) is 0 Å². The minimum absolute atomic E-state index is 0.130. The van der Waals surface area contributed by atoms with Gasteiger partial charge in [-0.15, -0.1) is 0 Å². The minimum atomic E-state index is -0.130. The Balaban J connectivity index is 2.38. The molecule has 0 atom stereocenters. The van der Waals surface area contributed by atoms with Gasteiger partial charge in [0.15, 0.2) is 0 Å². The number of amides is 1. The predicted octanol–water partition coefficient (Wildman–Crippen LogP) is 2.15. The molecule has 0 radical (unpaired) electrons. The number of carbonyl (C=O) groups excluding carboxylic acids is 1. The van der Waals surface area contributed by atoms with Gasteiger partial charge < -0.3 is 4.90 Å². The summed E-state index contributed by atoms with van der Waals surface area (Å²) in [5.41, 5.74) is 2.77. The number of rotatable bonds is 2. The van der Waals surface area contributed by atoms with Crippen LogP contribution < -0.4 is 0 Å². The second kappa shape index (κ2) is 5.01. The third kappa shape index (κ3) is 2.46. The van der Waals surface area contributed by atoms with Crippen LogP contribution in [-0.4, -0.2) is 39.7 Å². The molecule has 2 aromatic heterocycles. The lowest BCUT2D eigenvalue weighted by Crippen LogP contribution is -2.22. The summed E-state index contributed by atoms with van der Waals surface area (Å²) >= 11 is 6.22. The Bertz CT molecular complexity index is 616. The Morgan fingerprint density at radius 1 is 1.37 bits per heavy atom. The van der Waals surface area contributed by atoms with Crippen LogP contribution in [0.3, 0.4) is 0 Å². The number of nitrogens with zero attached hydrogens (tertiary/aromatic N) is 4. The maximum Gasteiger partial charge on any atom is 0.271 e. The maximum atomic E-state index is 11.7. The van der Waals surface area contributed by atoms with Gasteiger partial charge in [0.2, 0.25) is 0 Å². The molecule has 19 heavy (non-hydrogen) atoms. The molecule has 2 aromatic rings. The van der Waals surface area contributed by atoms with Crippen LogP contribution in [0.2, 0.25) is 5.02 Å². The average Bonchev–Trinajstić information content (AvgIpc) is 2.66. The molecule has 0 aliphatic heterocycles. The van der Waals surface area contributed by atoms with Crippen LogP contribution in [-0.2, 0) is 7.05 Å². The average molecular weight is 279 g/mol. The van der Waals surface area contributed by atoms with Crippen molar-refractivity contribution < 1.29 is 4.79 Å². The van der Waals surface area contributed by atoms with Gasteiger partial charge in [0, 0.05) is 32.9 Å². The molecule has 5 nitrogen and oxygen atoms in total. The summed E-state index contributed by atoms with van der Waals surface area (Å²) in [7, 11) is 5.22. The van der Waals surface area contributed by atoms with Crippen molar-refractivity contribution in [2.45, 2.75) is 6.92 Å². The molecular formula is C13H15ClN4O. The van der Waals surface area contributed by atoms with Crippen molar-refractivity contribution in [2.75, 3.05) is 14.1 Å². The van der Waals surface area contributed by atoms with E-state index in [4.69, 9.17) is 11.6 Å². The van der Waals surface area contributed by atoms with Crippen LogP contribution in [0.15, 0.2) is 18.3 Å². The molecule has 0 saturated carbocycles. The van der Waals surface area contributed by atoms with E-state index in [1.54, 1.807) is 37.1 Å². The first kappa shape index (κ1) is 13.5. The lowest BCUT2D eigenvalue weighted by atomic mass is 10.2. The summed E-state index contributed by atoms with van der Waals surface area (Å²) in [6.45, 7) is 1.90. The molecule has 0 unspecified atom stereocenters. The van der Waals surface area contributed by atoms with Gasteiger partial charge in [0.25, 0.3) is 5.91 Å². The number of carbonyl (C=O) groups is 1. The van der Waals surface area contributed by atoms with Crippen LogP contribution in [0, 0.1) is 6.92 Å². The van der Waals surface area contributed by atoms with Crippen molar-refractivity contribution in [3.05, 3.63) is 34.7 Å². The van der Waals surface area contributed by atoms with Crippen molar-refractivity contribution >= 4 is 17.5 Å². The second-order valence-corrected chi connectivity index (χ2v) is 4.88. The molecule has 0 spiro atoms. The highest BCUT2D eigenvalue weighted by Crippen LogP contribution is 2.28. The first-order valence-corrected chi connectivity index (χ1v) is 6.16. The summed E-state index contributed by atoms with van der Waals surface area (Å²) in [5.74, 6) is -0.130. The maximum absolute atomic E-state index is 11.7. The van der Waals surface area contributed by atoms with Crippen molar-refractivity contribution in [3.8, 4) is 11.3 Å².